The third kappa shape index (κ3) is 3.95. The SMILES string of the molecule is C[Si](C)(C)C#Cc1cc(C(=O)NC2CC2)c(C#N)s1. The fourth-order valence-electron chi connectivity index (χ4n) is 1.44. The largest absolute Gasteiger partial charge is 0.349 e. The van der Waals surface area contributed by atoms with Gasteiger partial charge >= 0.3 is 0 Å². The average Bonchev–Trinajstić information content (AvgIpc) is 3.03. The van der Waals surface area contributed by atoms with E-state index in [4.69, 9.17) is 5.26 Å². The summed E-state index contributed by atoms with van der Waals surface area (Å²) in [5, 5.41) is 12.0. The number of carbonyl (C=O) groups excluding carboxylic acids is 1. The normalized spacial score (nSPS) is 14.2. The fraction of sp³-hybridized carbons (Fsp3) is 0.429. The van der Waals surface area contributed by atoms with Crippen molar-refractivity contribution in [2.45, 2.75) is 38.5 Å². The Balaban J connectivity index is 2.23. The minimum Gasteiger partial charge on any atom is -0.349 e. The van der Waals surface area contributed by atoms with E-state index in [-0.39, 0.29) is 5.91 Å². The summed E-state index contributed by atoms with van der Waals surface area (Å²) in [6, 6.07) is 4.13. The van der Waals surface area contributed by atoms with Crippen molar-refractivity contribution in [2.24, 2.45) is 0 Å². The molecule has 1 saturated carbocycles. The summed E-state index contributed by atoms with van der Waals surface area (Å²) in [5.74, 6) is 2.96. The minimum atomic E-state index is -1.44. The van der Waals surface area contributed by atoms with Crippen LogP contribution in [-0.4, -0.2) is 20.0 Å². The Kier molecular flexibility index (Phi) is 3.80. The van der Waals surface area contributed by atoms with Crippen molar-refractivity contribution in [3.63, 3.8) is 0 Å². The van der Waals surface area contributed by atoms with Crippen LogP contribution in [0.1, 0.15) is 33.0 Å². The lowest BCUT2D eigenvalue weighted by atomic mass is 10.2. The van der Waals surface area contributed by atoms with Crippen molar-refractivity contribution in [1.82, 2.24) is 5.32 Å². The van der Waals surface area contributed by atoms with E-state index in [1.54, 1.807) is 6.07 Å². The number of nitrogens with one attached hydrogen (secondary N) is 1. The van der Waals surface area contributed by atoms with Crippen LogP contribution in [-0.2, 0) is 0 Å². The van der Waals surface area contributed by atoms with Crippen molar-refractivity contribution in [3.05, 3.63) is 21.4 Å². The van der Waals surface area contributed by atoms with Crippen LogP contribution in [0, 0.1) is 22.8 Å². The molecule has 0 spiro atoms. The maximum atomic E-state index is 12.0. The molecular formula is C14H16N2OSSi. The van der Waals surface area contributed by atoms with E-state index < -0.39 is 8.07 Å². The van der Waals surface area contributed by atoms with E-state index in [2.05, 4.69) is 42.5 Å². The van der Waals surface area contributed by atoms with Gasteiger partial charge in [-0.1, -0.05) is 25.6 Å². The molecule has 0 bridgehead atoms. The Hall–Kier alpha value is -1.56. The molecule has 1 amide bonds. The average molecular weight is 288 g/mol. The Morgan fingerprint density at radius 2 is 2.16 bits per heavy atom. The van der Waals surface area contributed by atoms with Gasteiger partial charge in [0.15, 0.2) is 0 Å². The lowest BCUT2D eigenvalue weighted by Crippen LogP contribution is -2.25. The molecule has 1 fully saturated rings. The van der Waals surface area contributed by atoms with E-state index in [0.717, 1.165) is 17.7 Å². The maximum Gasteiger partial charge on any atom is 0.253 e. The molecule has 0 aromatic carbocycles. The number of carbonyl (C=O) groups is 1. The van der Waals surface area contributed by atoms with E-state index in [1.165, 1.54) is 11.3 Å². The number of amides is 1. The molecule has 1 aromatic rings. The van der Waals surface area contributed by atoms with Crippen LogP contribution in [0.3, 0.4) is 0 Å². The smallest absolute Gasteiger partial charge is 0.253 e. The van der Waals surface area contributed by atoms with Crippen LogP contribution < -0.4 is 5.32 Å². The van der Waals surface area contributed by atoms with E-state index >= 15 is 0 Å². The standard InChI is InChI=1S/C14H16N2OSSi/c1-19(2,3)7-6-11-8-12(13(9-15)18-11)14(17)16-10-4-5-10/h8,10H,4-5H2,1-3H3,(H,16,17). The number of hydrogen-bond donors (Lipinski definition) is 1. The van der Waals surface area contributed by atoms with Gasteiger partial charge in [-0.15, -0.1) is 16.9 Å². The summed E-state index contributed by atoms with van der Waals surface area (Å²) < 4.78 is 0. The topological polar surface area (TPSA) is 52.9 Å². The molecule has 98 valence electrons. The second kappa shape index (κ2) is 5.20. The first-order chi connectivity index (χ1) is 8.89. The van der Waals surface area contributed by atoms with Gasteiger partial charge in [0.1, 0.15) is 19.0 Å². The highest BCUT2D eigenvalue weighted by atomic mass is 32.1. The number of nitrogens with zero attached hydrogens (tertiary/aromatic N) is 1. The zero-order valence-corrected chi connectivity index (χ0v) is 13.1. The summed E-state index contributed by atoms with van der Waals surface area (Å²) in [4.78, 5) is 13.3. The predicted octanol–water partition coefficient (Wildman–Crippen LogP) is 2.74. The van der Waals surface area contributed by atoms with Crippen LogP contribution in [0.4, 0.5) is 0 Å². The third-order valence-electron chi connectivity index (χ3n) is 2.55. The molecule has 3 nitrogen and oxygen atoms in total. The lowest BCUT2D eigenvalue weighted by Gasteiger charge is -2.02. The number of rotatable bonds is 2. The molecule has 19 heavy (non-hydrogen) atoms. The van der Waals surface area contributed by atoms with Gasteiger partial charge < -0.3 is 5.32 Å². The number of thiophene rings is 1. The van der Waals surface area contributed by atoms with Gasteiger partial charge in [0.05, 0.1) is 10.4 Å². The maximum absolute atomic E-state index is 12.0. The van der Waals surface area contributed by atoms with Gasteiger partial charge in [-0.2, -0.15) is 5.26 Å². The second-order valence-electron chi connectivity index (χ2n) is 5.71. The van der Waals surface area contributed by atoms with Gasteiger partial charge in [-0.25, -0.2) is 0 Å². The molecule has 0 radical (unpaired) electrons. The van der Waals surface area contributed by atoms with Crippen LogP contribution >= 0.6 is 11.3 Å². The van der Waals surface area contributed by atoms with E-state index in [1.807, 2.05) is 0 Å². The van der Waals surface area contributed by atoms with Crippen molar-refractivity contribution in [1.29, 1.82) is 5.26 Å². The molecular weight excluding hydrogens is 272 g/mol. The molecule has 0 unspecified atom stereocenters. The summed E-state index contributed by atoms with van der Waals surface area (Å²) >= 11 is 1.30. The van der Waals surface area contributed by atoms with Crippen molar-refractivity contribution < 1.29 is 4.79 Å². The van der Waals surface area contributed by atoms with E-state index in [0.29, 0.717) is 16.5 Å². The summed E-state index contributed by atoms with van der Waals surface area (Å²) in [6.45, 7) is 6.50. The Labute approximate surface area is 118 Å². The van der Waals surface area contributed by atoms with Gasteiger partial charge in [0, 0.05) is 6.04 Å². The van der Waals surface area contributed by atoms with Crippen molar-refractivity contribution in [3.8, 4) is 17.5 Å². The number of nitriles is 1. The summed E-state index contributed by atoms with van der Waals surface area (Å²) in [6.07, 6.45) is 2.08. The predicted molar refractivity (Wildman–Crippen MR) is 79.7 cm³/mol. The first-order valence-electron chi connectivity index (χ1n) is 6.27. The summed E-state index contributed by atoms with van der Waals surface area (Å²) in [5.41, 5.74) is 3.72. The minimum absolute atomic E-state index is 0.142. The van der Waals surface area contributed by atoms with Gasteiger partial charge in [0.2, 0.25) is 0 Å². The zero-order chi connectivity index (χ0) is 14.0. The zero-order valence-electron chi connectivity index (χ0n) is 11.3. The van der Waals surface area contributed by atoms with Crippen LogP contribution in [0.2, 0.25) is 19.6 Å². The first-order valence-corrected chi connectivity index (χ1v) is 10.6. The molecule has 0 saturated heterocycles. The molecule has 1 aliphatic rings. The molecule has 5 heteroatoms. The van der Waals surface area contributed by atoms with E-state index in [9.17, 15) is 4.79 Å². The molecule has 0 aliphatic heterocycles. The van der Waals surface area contributed by atoms with Crippen LogP contribution in [0.15, 0.2) is 6.07 Å². The van der Waals surface area contributed by atoms with Crippen LogP contribution in [0.5, 0.6) is 0 Å². The highest BCUT2D eigenvalue weighted by Crippen LogP contribution is 2.24. The lowest BCUT2D eigenvalue weighted by molar-refractivity contribution is 0.0951. The Morgan fingerprint density at radius 3 is 2.68 bits per heavy atom. The molecule has 1 aliphatic carbocycles. The molecule has 1 aromatic heterocycles. The van der Waals surface area contributed by atoms with Gasteiger partial charge in [0.25, 0.3) is 5.91 Å². The van der Waals surface area contributed by atoms with Gasteiger partial charge in [-0.3, -0.25) is 4.79 Å². The monoisotopic (exact) mass is 288 g/mol. The molecule has 1 N–H and O–H groups in total. The highest BCUT2D eigenvalue weighted by molar-refractivity contribution is 7.13. The molecule has 0 atom stereocenters. The van der Waals surface area contributed by atoms with Gasteiger partial charge in [-0.05, 0) is 18.9 Å². The number of hydrogen-bond acceptors (Lipinski definition) is 3. The van der Waals surface area contributed by atoms with Crippen LogP contribution in [0.25, 0.3) is 0 Å². The Bertz CT molecular complexity index is 606. The highest BCUT2D eigenvalue weighted by Gasteiger charge is 2.25. The quantitative estimate of drug-likeness (QED) is 0.672. The fourth-order valence-corrected chi connectivity index (χ4v) is 2.85. The van der Waals surface area contributed by atoms with Crippen molar-refractivity contribution in [2.75, 3.05) is 0 Å². The summed E-state index contributed by atoms with van der Waals surface area (Å²) in [7, 11) is -1.44. The van der Waals surface area contributed by atoms with Crippen molar-refractivity contribution >= 4 is 25.3 Å². The molecule has 2 rings (SSSR count). The third-order valence-corrected chi connectivity index (χ3v) is 4.38. The first kappa shape index (κ1) is 13.9. The molecule has 1 heterocycles. The Morgan fingerprint density at radius 1 is 1.47 bits per heavy atom. The second-order valence-corrected chi connectivity index (χ2v) is 11.5.